The van der Waals surface area contributed by atoms with E-state index in [0.29, 0.717) is 30.3 Å². The van der Waals surface area contributed by atoms with Gasteiger partial charge in [0.25, 0.3) is 5.91 Å². The number of ether oxygens (including phenoxy) is 1. The summed E-state index contributed by atoms with van der Waals surface area (Å²) in [6.45, 7) is 7.36. The Morgan fingerprint density at radius 3 is 2.37 bits per heavy atom. The highest BCUT2D eigenvalue weighted by molar-refractivity contribution is 7.12. The van der Waals surface area contributed by atoms with Crippen LogP contribution in [0.4, 0.5) is 0 Å². The third-order valence-corrected chi connectivity index (χ3v) is 7.16. The van der Waals surface area contributed by atoms with Crippen molar-refractivity contribution in [3.63, 3.8) is 0 Å². The average molecular weight is 491 g/mol. The predicted molar refractivity (Wildman–Crippen MR) is 138 cm³/mol. The quantitative estimate of drug-likeness (QED) is 0.372. The maximum absolute atomic E-state index is 13.3. The predicted octanol–water partition coefficient (Wildman–Crippen LogP) is 5.25. The summed E-state index contributed by atoms with van der Waals surface area (Å²) in [6.07, 6.45) is 0. The van der Waals surface area contributed by atoms with Gasteiger partial charge in [0.15, 0.2) is 5.76 Å². The maximum atomic E-state index is 13.3. The molecule has 0 spiro atoms. The summed E-state index contributed by atoms with van der Waals surface area (Å²) in [5.74, 6) is -0.592. The standard InChI is InChI=1S/C28H30N2O4S/c1-3-29(4-2)16-17-30-25(24(27(32)28(30)33)26(31)23-11-8-18-35-23)21-12-14-22(15-13-21)34-19-20-9-6-5-7-10-20/h5-15,18,25,32H,3-4,16-17,19H2,1-2H3/t25-/m1/s1. The van der Waals surface area contributed by atoms with Gasteiger partial charge in [0.05, 0.1) is 16.5 Å². The minimum absolute atomic E-state index is 0.134. The lowest BCUT2D eigenvalue weighted by atomic mass is 9.95. The van der Waals surface area contributed by atoms with E-state index in [4.69, 9.17) is 4.74 Å². The maximum Gasteiger partial charge on any atom is 0.290 e. The highest BCUT2D eigenvalue weighted by Crippen LogP contribution is 2.39. The molecule has 0 bridgehead atoms. The number of benzene rings is 2. The number of carbonyl (C=O) groups excluding carboxylic acids is 2. The monoisotopic (exact) mass is 490 g/mol. The van der Waals surface area contributed by atoms with Crippen LogP contribution in [0.3, 0.4) is 0 Å². The number of Topliss-reactive ketones (excluding diaryl/α,β-unsaturated/α-hetero) is 1. The van der Waals surface area contributed by atoms with Gasteiger partial charge >= 0.3 is 0 Å². The van der Waals surface area contributed by atoms with E-state index < -0.39 is 17.7 Å². The summed E-state index contributed by atoms with van der Waals surface area (Å²) < 4.78 is 5.91. The van der Waals surface area contributed by atoms with Gasteiger partial charge in [-0.15, -0.1) is 11.3 Å². The van der Waals surface area contributed by atoms with Gasteiger partial charge in [0.1, 0.15) is 12.4 Å². The van der Waals surface area contributed by atoms with Crippen molar-refractivity contribution in [2.45, 2.75) is 26.5 Å². The number of thiophene rings is 1. The lowest BCUT2D eigenvalue weighted by Crippen LogP contribution is -2.38. The Bertz CT molecular complexity index is 1170. The zero-order valence-corrected chi connectivity index (χ0v) is 20.8. The van der Waals surface area contributed by atoms with E-state index in [2.05, 4.69) is 18.7 Å². The number of hydrogen-bond donors (Lipinski definition) is 1. The first-order valence-electron chi connectivity index (χ1n) is 11.8. The fourth-order valence-electron chi connectivity index (χ4n) is 4.28. The molecule has 0 unspecified atom stereocenters. The SMILES string of the molecule is CCN(CC)CCN1C(=O)C(O)=C(C(=O)c2cccs2)[C@H]1c1ccc(OCc2ccccc2)cc1. The fourth-order valence-corrected chi connectivity index (χ4v) is 4.96. The molecule has 4 rings (SSSR count). The van der Waals surface area contributed by atoms with Crippen LogP contribution in [-0.4, -0.2) is 52.8 Å². The molecule has 1 aliphatic rings. The number of nitrogens with zero attached hydrogens (tertiary/aromatic N) is 2. The Hall–Kier alpha value is -3.42. The Morgan fingerprint density at radius 1 is 1.03 bits per heavy atom. The van der Waals surface area contributed by atoms with E-state index in [9.17, 15) is 14.7 Å². The molecule has 0 radical (unpaired) electrons. The Balaban J connectivity index is 1.61. The molecule has 1 aliphatic heterocycles. The number of ketones is 1. The first-order valence-corrected chi connectivity index (χ1v) is 12.7. The molecule has 3 aromatic rings. The largest absolute Gasteiger partial charge is 0.503 e. The Labute approximate surface area is 210 Å². The van der Waals surface area contributed by atoms with Crippen LogP contribution >= 0.6 is 11.3 Å². The van der Waals surface area contributed by atoms with Crippen molar-refractivity contribution < 1.29 is 19.4 Å². The van der Waals surface area contributed by atoms with Crippen molar-refractivity contribution in [3.8, 4) is 5.75 Å². The van der Waals surface area contributed by atoms with Crippen molar-refractivity contribution in [1.29, 1.82) is 0 Å². The molecule has 0 fully saturated rings. The molecule has 1 N–H and O–H groups in total. The van der Waals surface area contributed by atoms with Gasteiger partial charge in [-0.25, -0.2) is 0 Å². The molecular weight excluding hydrogens is 460 g/mol. The van der Waals surface area contributed by atoms with E-state index in [1.807, 2.05) is 60.0 Å². The first kappa shape index (κ1) is 24.7. The summed E-state index contributed by atoms with van der Waals surface area (Å²) in [6, 6.07) is 20.2. The van der Waals surface area contributed by atoms with Crippen LogP contribution in [0.25, 0.3) is 0 Å². The third-order valence-electron chi connectivity index (χ3n) is 6.29. The number of likely N-dealkylation sites (N-methyl/N-ethyl adjacent to an activating group) is 1. The van der Waals surface area contributed by atoms with E-state index in [1.54, 1.807) is 17.0 Å². The summed E-state index contributed by atoms with van der Waals surface area (Å²) in [7, 11) is 0. The molecule has 2 heterocycles. The molecular formula is C28H30N2O4S. The molecule has 2 aromatic carbocycles. The lowest BCUT2D eigenvalue weighted by Gasteiger charge is -2.29. The number of amides is 1. The zero-order chi connectivity index (χ0) is 24.8. The van der Waals surface area contributed by atoms with Crippen molar-refractivity contribution in [3.05, 3.63) is 99.4 Å². The van der Waals surface area contributed by atoms with Crippen LogP contribution in [0.15, 0.2) is 83.4 Å². The lowest BCUT2D eigenvalue weighted by molar-refractivity contribution is -0.129. The van der Waals surface area contributed by atoms with Gasteiger partial charge in [0, 0.05) is 13.1 Å². The first-order chi connectivity index (χ1) is 17.0. The van der Waals surface area contributed by atoms with Crippen LogP contribution in [0, 0.1) is 0 Å². The summed E-state index contributed by atoms with van der Waals surface area (Å²) in [5, 5.41) is 12.6. The van der Waals surface area contributed by atoms with Gasteiger partial charge in [-0.1, -0.05) is 62.4 Å². The fraction of sp³-hybridized carbons (Fsp3) is 0.286. The van der Waals surface area contributed by atoms with Crippen molar-refractivity contribution >= 4 is 23.0 Å². The molecule has 35 heavy (non-hydrogen) atoms. The molecule has 0 saturated heterocycles. The van der Waals surface area contributed by atoms with Crippen LogP contribution < -0.4 is 4.74 Å². The van der Waals surface area contributed by atoms with Crippen LogP contribution in [0.2, 0.25) is 0 Å². The summed E-state index contributed by atoms with van der Waals surface area (Å²) in [4.78, 5) is 30.8. The van der Waals surface area contributed by atoms with Gasteiger partial charge in [-0.3, -0.25) is 9.59 Å². The number of carbonyl (C=O) groups is 2. The van der Waals surface area contributed by atoms with Gasteiger partial charge in [0.2, 0.25) is 5.78 Å². The van der Waals surface area contributed by atoms with Crippen molar-refractivity contribution in [2.24, 2.45) is 0 Å². The van der Waals surface area contributed by atoms with E-state index in [1.165, 1.54) is 11.3 Å². The Kier molecular flexibility index (Phi) is 8.00. The van der Waals surface area contributed by atoms with Gasteiger partial charge in [-0.05, 0) is 47.8 Å². The second kappa shape index (κ2) is 11.3. The molecule has 6 nitrogen and oxygen atoms in total. The van der Waals surface area contributed by atoms with E-state index in [0.717, 1.165) is 24.2 Å². The van der Waals surface area contributed by atoms with Crippen LogP contribution in [-0.2, 0) is 11.4 Å². The number of aliphatic hydroxyl groups is 1. The molecule has 7 heteroatoms. The summed E-state index contributed by atoms with van der Waals surface area (Å²) >= 11 is 1.30. The zero-order valence-electron chi connectivity index (χ0n) is 20.0. The minimum Gasteiger partial charge on any atom is -0.503 e. The molecule has 0 aliphatic carbocycles. The second-order valence-corrected chi connectivity index (χ2v) is 9.29. The highest BCUT2D eigenvalue weighted by Gasteiger charge is 2.43. The van der Waals surface area contributed by atoms with Crippen LogP contribution in [0.5, 0.6) is 5.75 Å². The molecule has 0 saturated carbocycles. The average Bonchev–Trinajstić information content (AvgIpc) is 3.52. The summed E-state index contributed by atoms with van der Waals surface area (Å²) in [5.41, 5.74) is 1.96. The van der Waals surface area contributed by atoms with Gasteiger partial charge in [-0.2, -0.15) is 0 Å². The third kappa shape index (κ3) is 5.47. The van der Waals surface area contributed by atoms with Gasteiger partial charge < -0.3 is 19.6 Å². The smallest absolute Gasteiger partial charge is 0.290 e. The van der Waals surface area contributed by atoms with Crippen molar-refractivity contribution in [2.75, 3.05) is 26.2 Å². The topological polar surface area (TPSA) is 70.1 Å². The number of hydrogen-bond acceptors (Lipinski definition) is 6. The molecule has 1 amide bonds. The highest BCUT2D eigenvalue weighted by atomic mass is 32.1. The normalized spacial score (nSPS) is 15.8. The minimum atomic E-state index is -0.657. The van der Waals surface area contributed by atoms with E-state index >= 15 is 0 Å². The molecule has 1 atom stereocenters. The number of rotatable bonds is 11. The second-order valence-electron chi connectivity index (χ2n) is 8.34. The molecule has 1 aromatic heterocycles. The number of aliphatic hydroxyl groups excluding tert-OH is 1. The Morgan fingerprint density at radius 2 is 1.74 bits per heavy atom. The van der Waals surface area contributed by atoms with Crippen molar-refractivity contribution in [1.82, 2.24) is 9.80 Å². The molecule has 182 valence electrons. The van der Waals surface area contributed by atoms with Crippen LogP contribution in [0.1, 0.15) is 40.7 Å². The van der Waals surface area contributed by atoms with E-state index in [-0.39, 0.29) is 11.4 Å².